The Bertz CT molecular complexity index is 1490. The number of fused-ring (bicyclic) bond motifs is 1. The van der Waals surface area contributed by atoms with E-state index in [9.17, 15) is 19.2 Å². The van der Waals surface area contributed by atoms with Gasteiger partial charge in [0, 0.05) is 48.6 Å². The van der Waals surface area contributed by atoms with Crippen LogP contribution in [0, 0.1) is 0 Å². The predicted octanol–water partition coefficient (Wildman–Crippen LogP) is 0.940. The van der Waals surface area contributed by atoms with E-state index in [4.69, 9.17) is 15.2 Å². The molecule has 1 unspecified atom stereocenters. The van der Waals surface area contributed by atoms with E-state index in [0.29, 0.717) is 62.8 Å². The molecule has 0 aliphatic carbocycles. The zero-order valence-corrected chi connectivity index (χ0v) is 24.3. The monoisotopic (exact) mass is 604 g/mol. The number of hydrogen-bond acceptors (Lipinski definition) is 10. The number of nitrogen functional groups attached to an aromatic ring is 1. The lowest BCUT2D eigenvalue weighted by Crippen LogP contribution is -2.52. The first-order chi connectivity index (χ1) is 21.4. The Labute approximate surface area is 254 Å². The molecule has 1 aromatic heterocycles. The van der Waals surface area contributed by atoms with Gasteiger partial charge >= 0.3 is 0 Å². The van der Waals surface area contributed by atoms with Gasteiger partial charge in [-0.2, -0.15) is 0 Å². The van der Waals surface area contributed by atoms with E-state index in [1.807, 2.05) is 30.5 Å². The average molecular weight is 605 g/mol. The van der Waals surface area contributed by atoms with Gasteiger partial charge in [-0.25, -0.2) is 4.68 Å². The van der Waals surface area contributed by atoms with Gasteiger partial charge in [-0.3, -0.25) is 24.5 Å². The summed E-state index contributed by atoms with van der Waals surface area (Å²) in [5.41, 5.74) is 9.96. The predicted molar refractivity (Wildman–Crippen MR) is 160 cm³/mol. The van der Waals surface area contributed by atoms with Gasteiger partial charge in [-0.1, -0.05) is 17.3 Å². The molecule has 4 amide bonds. The van der Waals surface area contributed by atoms with E-state index in [0.717, 1.165) is 16.8 Å². The summed E-state index contributed by atoms with van der Waals surface area (Å²) in [4.78, 5) is 50.3. The van der Waals surface area contributed by atoms with E-state index in [1.165, 1.54) is 4.90 Å². The Balaban J connectivity index is 0.899. The summed E-state index contributed by atoms with van der Waals surface area (Å²) in [6.07, 6.45) is 2.56. The molecular weight excluding hydrogens is 568 g/mol. The van der Waals surface area contributed by atoms with Crippen LogP contribution in [-0.2, 0) is 36.9 Å². The quantitative estimate of drug-likeness (QED) is 0.111. The van der Waals surface area contributed by atoms with E-state index >= 15 is 0 Å². The van der Waals surface area contributed by atoms with Crippen LogP contribution in [0.15, 0.2) is 48.7 Å². The molecule has 2 aliphatic rings. The number of hydrogen-bond donors (Lipinski definition) is 4. The smallest absolute Gasteiger partial charge is 0.255 e. The number of benzene rings is 2. The van der Waals surface area contributed by atoms with Crippen LogP contribution in [0.1, 0.15) is 35.2 Å². The fraction of sp³-hybridized carbons (Fsp3) is 0.400. The van der Waals surface area contributed by atoms with Gasteiger partial charge in [0.15, 0.2) is 0 Å². The average Bonchev–Trinajstić information content (AvgIpc) is 3.60. The van der Waals surface area contributed by atoms with Gasteiger partial charge in [-0.05, 0) is 42.3 Å². The van der Waals surface area contributed by atoms with Crippen LogP contribution in [0.5, 0.6) is 0 Å². The van der Waals surface area contributed by atoms with Crippen molar-refractivity contribution in [2.45, 2.75) is 38.4 Å². The standard InChI is InChI=1S/C30H36N8O6/c31-22-3-1-20(2-4-22)25-19-37(36-35-25)12-16-44-15-11-32-10-14-43-13-9-28(40)33-23-5-6-24-21(17-23)18-38(30(24)42)26-7-8-27(39)34-29(26)41/h1-6,17,19,26,32H,7-16,18,31H2,(H,33,40)(H,34,39,41). The van der Waals surface area contributed by atoms with Crippen molar-refractivity contribution in [3.63, 3.8) is 0 Å². The van der Waals surface area contributed by atoms with Crippen LogP contribution in [0.3, 0.4) is 0 Å². The van der Waals surface area contributed by atoms with Crippen LogP contribution in [0.25, 0.3) is 11.3 Å². The Morgan fingerprint density at radius 3 is 2.57 bits per heavy atom. The molecule has 0 bridgehead atoms. The van der Waals surface area contributed by atoms with Crippen molar-refractivity contribution < 1.29 is 28.7 Å². The zero-order chi connectivity index (χ0) is 30.9. The second-order valence-corrected chi connectivity index (χ2v) is 10.5. The van der Waals surface area contributed by atoms with Gasteiger partial charge < -0.3 is 30.7 Å². The SMILES string of the molecule is Nc1ccc(-c2cn(CCOCCNCCOCCC(=O)Nc3ccc4c(c3)CN(C3CCC(=O)NC3=O)C4=O)nn2)cc1. The van der Waals surface area contributed by atoms with Crippen LogP contribution in [-0.4, -0.2) is 89.1 Å². The molecule has 5 N–H and O–H groups in total. The highest BCUT2D eigenvalue weighted by atomic mass is 16.5. The van der Waals surface area contributed by atoms with Crippen LogP contribution in [0.2, 0.25) is 0 Å². The molecule has 232 valence electrons. The van der Waals surface area contributed by atoms with Gasteiger partial charge in [0.1, 0.15) is 11.7 Å². The molecular formula is C30H36N8O6. The molecule has 0 spiro atoms. The van der Waals surface area contributed by atoms with Crippen molar-refractivity contribution >= 4 is 35.0 Å². The maximum atomic E-state index is 12.8. The molecule has 2 aliphatic heterocycles. The first kappa shape index (κ1) is 30.8. The lowest BCUT2D eigenvalue weighted by molar-refractivity contribution is -0.137. The molecule has 1 saturated heterocycles. The molecule has 3 heterocycles. The minimum atomic E-state index is -0.675. The van der Waals surface area contributed by atoms with E-state index in [-0.39, 0.29) is 43.7 Å². The lowest BCUT2D eigenvalue weighted by atomic mass is 10.0. The van der Waals surface area contributed by atoms with Gasteiger partial charge in [0.25, 0.3) is 5.91 Å². The first-order valence-electron chi connectivity index (χ1n) is 14.6. The Morgan fingerprint density at radius 2 is 1.80 bits per heavy atom. The van der Waals surface area contributed by atoms with Crippen LogP contribution >= 0.6 is 0 Å². The van der Waals surface area contributed by atoms with Crippen LogP contribution < -0.4 is 21.7 Å². The summed E-state index contributed by atoms with van der Waals surface area (Å²) in [5.74, 6) is -1.24. The Morgan fingerprint density at radius 1 is 1.02 bits per heavy atom. The molecule has 3 aromatic rings. The number of nitrogens with one attached hydrogen (secondary N) is 3. The van der Waals surface area contributed by atoms with Crippen molar-refractivity contribution in [3.05, 3.63) is 59.8 Å². The summed E-state index contributed by atoms with van der Waals surface area (Å²) >= 11 is 0. The number of ether oxygens (including phenoxy) is 2. The Hall–Kier alpha value is -4.66. The third-order valence-electron chi connectivity index (χ3n) is 7.34. The molecule has 1 fully saturated rings. The van der Waals surface area contributed by atoms with Gasteiger partial charge in [0.05, 0.1) is 45.6 Å². The zero-order valence-electron chi connectivity index (χ0n) is 24.3. The molecule has 0 radical (unpaired) electrons. The fourth-order valence-corrected chi connectivity index (χ4v) is 5.01. The lowest BCUT2D eigenvalue weighted by Gasteiger charge is -2.29. The molecule has 44 heavy (non-hydrogen) atoms. The number of aromatic nitrogens is 3. The largest absolute Gasteiger partial charge is 0.399 e. The normalized spacial score (nSPS) is 16.2. The summed E-state index contributed by atoms with van der Waals surface area (Å²) in [6.45, 7) is 3.92. The van der Waals surface area contributed by atoms with Crippen molar-refractivity contribution in [1.82, 2.24) is 30.5 Å². The van der Waals surface area contributed by atoms with E-state index < -0.39 is 11.9 Å². The maximum absolute atomic E-state index is 12.8. The van der Waals surface area contributed by atoms with E-state index in [2.05, 4.69) is 26.3 Å². The number of imide groups is 1. The van der Waals surface area contributed by atoms with Crippen molar-refractivity contribution in [2.24, 2.45) is 0 Å². The Kier molecular flexibility index (Phi) is 10.3. The highest BCUT2D eigenvalue weighted by Gasteiger charge is 2.39. The molecule has 14 nitrogen and oxygen atoms in total. The molecule has 14 heteroatoms. The highest BCUT2D eigenvalue weighted by Crippen LogP contribution is 2.29. The topological polar surface area (TPSA) is 183 Å². The minimum absolute atomic E-state index is 0.184. The molecule has 1 atom stereocenters. The number of anilines is 2. The second kappa shape index (κ2) is 14.7. The fourth-order valence-electron chi connectivity index (χ4n) is 5.01. The van der Waals surface area contributed by atoms with Gasteiger partial charge in [0.2, 0.25) is 17.7 Å². The number of nitrogens with two attached hydrogens (primary N) is 1. The molecule has 0 saturated carbocycles. The second-order valence-electron chi connectivity index (χ2n) is 10.5. The number of rotatable bonds is 15. The number of carbonyl (C=O) groups is 4. The third kappa shape index (κ3) is 8.03. The number of nitrogens with zero attached hydrogens (tertiary/aromatic N) is 4. The number of amides is 4. The van der Waals surface area contributed by atoms with Crippen molar-refractivity contribution in [1.29, 1.82) is 0 Å². The summed E-state index contributed by atoms with van der Waals surface area (Å²) < 4.78 is 12.9. The van der Waals surface area contributed by atoms with Crippen molar-refractivity contribution in [3.8, 4) is 11.3 Å². The first-order valence-corrected chi connectivity index (χ1v) is 14.6. The highest BCUT2D eigenvalue weighted by molar-refractivity contribution is 6.05. The van der Waals surface area contributed by atoms with Gasteiger partial charge in [-0.15, -0.1) is 5.10 Å². The molecule has 5 rings (SSSR count). The number of carbonyl (C=O) groups excluding carboxylic acids is 4. The summed E-state index contributed by atoms with van der Waals surface area (Å²) in [6, 6.07) is 11.9. The number of piperidine rings is 1. The maximum Gasteiger partial charge on any atom is 0.255 e. The summed E-state index contributed by atoms with van der Waals surface area (Å²) in [7, 11) is 0. The molecule has 2 aromatic carbocycles. The van der Waals surface area contributed by atoms with Crippen LogP contribution in [0.4, 0.5) is 11.4 Å². The third-order valence-corrected chi connectivity index (χ3v) is 7.34. The minimum Gasteiger partial charge on any atom is -0.399 e. The van der Waals surface area contributed by atoms with Crippen molar-refractivity contribution in [2.75, 3.05) is 50.6 Å². The summed E-state index contributed by atoms with van der Waals surface area (Å²) in [5, 5.41) is 16.7. The van der Waals surface area contributed by atoms with E-state index in [1.54, 1.807) is 22.9 Å².